The monoisotopic (exact) mass is 413 g/mol. The summed E-state index contributed by atoms with van der Waals surface area (Å²) in [6.45, 7) is 1.10. The molecule has 1 unspecified atom stereocenters. The molecule has 0 fully saturated rings. The molecule has 0 saturated heterocycles. The molecule has 0 heterocycles. The number of aliphatic hydroxyl groups is 1. The number of nitrogens with one attached hydrogen (secondary N) is 1. The highest BCUT2D eigenvalue weighted by molar-refractivity contribution is 9.11. The number of benzene rings is 2. The fourth-order valence-electron chi connectivity index (χ4n) is 2.11. The zero-order chi connectivity index (χ0) is 15.2. The van der Waals surface area contributed by atoms with Gasteiger partial charge in [-0.3, -0.25) is 0 Å². The maximum atomic E-state index is 10.1. The van der Waals surface area contributed by atoms with E-state index in [1.54, 1.807) is 7.11 Å². The molecule has 0 aliphatic rings. The van der Waals surface area contributed by atoms with E-state index in [-0.39, 0.29) is 0 Å². The van der Waals surface area contributed by atoms with E-state index in [0.29, 0.717) is 13.1 Å². The summed E-state index contributed by atoms with van der Waals surface area (Å²) in [4.78, 5) is 0. The molecule has 2 aromatic carbocycles. The van der Waals surface area contributed by atoms with Gasteiger partial charge in [-0.05, 0) is 33.6 Å². The Hall–Kier alpha value is -0.880. The molecular formula is C16H17Br2NO2. The van der Waals surface area contributed by atoms with Crippen molar-refractivity contribution in [1.29, 1.82) is 0 Å². The molecule has 2 rings (SSSR count). The molecule has 112 valence electrons. The predicted molar refractivity (Wildman–Crippen MR) is 91.5 cm³/mol. The summed E-state index contributed by atoms with van der Waals surface area (Å²) in [7, 11) is 1.65. The Morgan fingerprint density at radius 2 is 1.90 bits per heavy atom. The van der Waals surface area contributed by atoms with Gasteiger partial charge >= 0.3 is 0 Å². The van der Waals surface area contributed by atoms with E-state index >= 15 is 0 Å². The van der Waals surface area contributed by atoms with Gasteiger partial charge in [-0.2, -0.15) is 0 Å². The Kier molecular flexibility index (Phi) is 6.23. The van der Waals surface area contributed by atoms with Crippen LogP contribution in [0.4, 0.5) is 0 Å². The molecule has 3 nitrogen and oxygen atoms in total. The molecule has 0 radical (unpaired) electrons. The first-order valence-electron chi connectivity index (χ1n) is 6.57. The highest BCUT2D eigenvalue weighted by Crippen LogP contribution is 2.32. The molecular weight excluding hydrogens is 398 g/mol. The van der Waals surface area contributed by atoms with E-state index in [0.717, 1.165) is 25.8 Å². The summed E-state index contributed by atoms with van der Waals surface area (Å²) < 4.78 is 7.29. The number of hydrogen-bond acceptors (Lipinski definition) is 3. The number of hydrogen-bond donors (Lipinski definition) is 2. The third-order valence-electron chi connectivity index (χ3n) is 3.13. The van der Waals surface area contributed by atoms with Crippen molar-refractivity contribution < 1.29 is 9.84 Å². The summed E-state index contributed by atoms with van der Waals surface area (Å²) in [5.41, 5.74) is 1.94. The first-order chi connectivity index (χ1) is 10.1. The van der Waals surface area contributed by atoms with Crippen molar-refractivity contribution in [3.63, 3.8) is 0 Å². The van der Waals surface area contributed by atoms with Crippen LogP contribution in [0.15, 0.2) is 51.4 Å². The van der Waals surface area contributed by atoms with E-state index in [9.17, 15) is 5.11 Å². The van der Waals surface area contributed by atoms with Gasteiger partial charge in [0, 0.05) is 23.1 Å². The Bertz CT molecular complexity index is 590. The number of ether oxygens (including phenoxy) is 1. The van der Waals surface area contributed by atoms with E-state index < -0.39 is 6.10 Å². The van der Waals surface area contributed by atoms with Gasteiger partial charge in [0.15, 0.2) is 0 Å². The van der Waals surface area contributed by atoms with Crippen LogP contribution in [-0.2, 0) is 6.54 Å². The van der Waals surface area contributed by atoms with Gasteiger partial charge in [0.25, 0.3) is 0 Å². The topological polar surface area (TPSA) is 41.5 Å². The Balaban J connectivity index is 1.98. The second-order valence-electron chi connectivity index (χ2n) is 4.64. The maximum Gasteiger partial charge on any atom is 0.137 e. The molecule has 2 aromatic rings. The summed E-state index contributed by atoms with van der Waals surface area (Å²) in [5, 5.41) is 13.4. The number of aliphatic hydroxyl groups excluding tert-OH is 1. The van der Waals surface area contributed by atoms with E-state index in [2.05, 4.69) is 37.2 Å². The lowest BCUT2D eigenvalue weighted by atomic mass is 10.1. The second kappa shape index (κ2) is 7.94. The van der Waals surface area contributed by atoms with Gasteiger partial charge in [0.05, 0.1) is 17.7 Å². The molecule has 0 saturated carbocycles. The number of methoxy groups -OCH3 is 1. The van der Waals surface area contributed by atoms with Gasteiger partial charge in [0.2, 0.25) is 0 Å². The van der Waals surface area contributed by atoms with Crippen LogP contribution >= 0.6 is 31.9 Å². The number of rotatable bonds is 6. The summed E-state index contributed by atoms with van der Waals surface area (Å²) in [6, 6.07) is 13.6. The highest BCUT2D eigenvalue weighted by atomic mass is 79.9. The SMILES string of the molecule is COc1c(Br)cc(Br)cc1CNCC(O)c1ccccc1. The van der Waals surface area contributed by atoms with Crippen LogP contribution in [0, 0.1) is 0 Å². The average Bonchev–Trinajstić information content (AvgIpc) is 2.47. The Morgan fingerprint density at radius 3 is 2.57 bits per heavy atom. The normalized spacial score (nSPS) is 12.2. The van der Waals surface area contributed by atoms with E-state index in [1.165, 1.54) is 0 Å². The Labute approximate surface area is 141 Å². The second-order valence-corrected chi connectivity index (χ2v) is 6.41. The smallest absolute Gasteiger partial charge is 0.137 e. The zero-order valence-corrected chi connectivity index (χ0v) is 14.8. The van der Waals surface area contributed by atoms with Crippen LogP contribution in [0.5, 0.6) is 5.75 Å². The van der Waals surface area contributed by atoms with Crippen LogP contribution in [-0.4, -0.2) is 18.8 Å². The third-order valence-corrected chi connectivity index (χ3v) is 4.17. The largest absolute Gasteiger partial charge is 0.495 e. The lowest BCUT2D eigenvalue weighted by molar-refractivity contribution is 0.174. The highest BCUT2D eigenvalue weighted by Gasteiger charge is 2.11. The van der Waals surface area contributed by atoms with Crippen LogP contribution in [0.1, 0.15) is 17.2 Å². The fraction of sp³-hybridized carbons (Fsp3) is 0.250. The summed E-state index contributed by atoms with van der Waals surface area (Å²) in [6.07, 6.45) is -0.521. The minimum Gasteiger partial charge on any atom is -0.495 e. The molecule has 0 spiro atoms. The molecule has 2 N–H and O–H groups in total. The third kappa shape index (κ3) is 4.54. The van der Waals surface area contributed by atoms with Crippen molar-refractivity contribution in [2.45, 2.75) is 12.6 Å². The predicted octanol–water partition coefficient (Wildman–Crippen LogP) is 4.04. The summed E-state index contributed by atoms with van der Waals surface area (Å²) in [5.74, 6) is 0.805. The van der Waals surface area contributed by atoms with Gasteiger partial charge < -0.3 is 15.2 Å². The standard InChI is InChI=1S/C16H17Br2NO2/c1-21-16-12(7-13(17)8-14(16)18)9-19-10-15(20)11-5-3-2-4-6-11/h2-8,15,19-20H,9-10H2,1H3. The van der Waals surface area contributed by atoms with Crippen LogP contribution in [0.2, 0.25) is 0 Å². The first kappa shape index (κ1) is 16.5. The van der Waals surface area contributed by atoms with Gasteiger partial charge in [-0.25, -0.2) is 0 Å². The molecule has 0 bridgehead atoms. The molecule has 1 atom stereocenters. The van der Waals surface area contributed by atoms with Crippen LogP contribution < -0.4 is 10.1 Å². The van der Waals surface area contributed by atoms with Crippen molar-refractivity contribution in [2.24, 2.45) is 0 Å². The van der Waals surface area contributed by atoms with Crippen LogP contribution in [0.3, 0.4) is 0 Å². The van der Waals surface area contributed by atoms with Crippen molar-refractivity contribution >= 4 is 31.9 Å². The molecule has 0 aliphatic carbocycles. The Morgan fingerprint density at radius 1 is 1.19 bits per heavy atom. The molecule has 5 heteroatoms. The molecule has 0 aromatic heterocycles. The minimum absolute atomic E-state index is 0.483. The van der Waals surface area contributed by atoms with Gasteiger partial charge in [-0.1, -0.05) is 46.3 Å². The van der Waals surface area contributed by atoms with Crippen molar-refractivity contribution in [2.75, 3.05) is 13.7 Å². The van der Waals surface area contributed by atoms with Crippen molar-refractivity contribution in [3.05, 3.63) is 62.5 Å². The number of halogens is 2. The minimum atomic E-state index is -0.521. The molecule has 21 heavy (non-hydrogen) atoms. The zero-order valence-electron chi connectivity index (χ0n) is 11.6. The molecule has 0 aliphatic heterocycles. The fourth-order valence-corrected chi connectivity index (χ4v) is 3.59. The van der Waals surface area contributed by atoms with E-state index in [1.807, 2.05) is 42.5 Å². The van der Waals surface area contributed by atoms with Gasteiger partial charge in [0.1, 0.15) is 5.75 Å². The first-order valence-corrected chi connectivity index (χ1v) is 8.16. The van der Waals surface area contributed by atoms with Crippen LogP contribution in [0.25, 0.3) is 0 Å². The van der Waals surface area contributed by atoms with Crippen molar-refractivity contribution in [3.8, 4) is 5.75 Å². The lowest BCUT2D eigenvalue weighted by Gasteiger charge is -2.15. The van der Waals surface area contributed by atoms with Gasteiger partial charge in [-0.15, -0.1) is 0 Å². The molecule has 0 amide bonds. The lowest BCUT2D eigenvalue weighted by Crippen LogP contribution is -2.21. The summed E-state index contributed by atoms with van der Waals surface area (Å²) >= 11 is 6.95. The average molecular weight is 415 g/mol. The van der Waals surface area contributed by atoms with E-state index in [4.69, 9.17) is 4.74 Å². The quantitative estimate of drug-likeness (QED) is 0.749. The van der Waals surface area contributed by atoms with Crippen molar-refractivity contribution in [1.82, 2.24) is 5.32 Å². The maximum absolute atomic E-state index is 10.1.